The molecule has 0 aliphatic heterocycles. The number of nitrogens with two attached hydrogens (primary N) is 1. The summed E-state index contributed by atoms with van der Waals surface area (Å²) in [6.07, 6.45) is 5.76. The lowest BCUT2D eigenvalue weighted by molar-refractivity contribution is 0.626. The van der Waals surface area contributed by atoms with Gasteiger partial charge in [0.25, 0.3) is 6.01 Å². The zero-order valence-electron chi connectivity index (χ0n) is 6.95. The first-order valence-electron chi connectivity index (χ1n) is 3.88. The van der Waals surface area contributed by atoms with Crippen LogP contribution in [0.3, 0.4) is 0 Å². The molecule has 1 aromatic carbocycles. The summed E-state index contributed by atoms with van der Waals surface area (Å²) in [5.41, 5.74) is 7.85. The molecule has 0 bridgehead atoms. The van der Waals surface area contributed by atoms with Gasteiger partial charge in [-0.05, 0) is 11.6 Å². The van der Waals surface area contributed by atoms with Crippen LogP contribution < -0.4 is 5.73 Å². The van der Waals surface area contributed by atoms with Crippen molar-refractivity contribution in [2.45, 2.75) is 6.42 Å². The Morgan fingerprint density at radius 3 is 3.15 bits per heavy atom. The zero-order chi connectivity index (χ0) is 9.26. The number of nitrogen functional groups attached to an aromatic ring is 1. The smallest absolute Gasteiger partial charge is 0.292 e. The van der Waals surface area contributed by atoms with Crippen molar-refractivity contribution in [3.8, 4) is 12.3 Å². The lowest BCUT2D eigenvalue weighted by Crippen LogP contribution is -1.85. The zero-order valence-corrected chi connectivity index (χ0v) is 6.95. The van der Waals surface area contributed by atoms with E-state index in [9.17, 15) is 0 Å². The molecule has 2 rings (SSSR count). The van der Waals surface area contributed by atoms with Crippen LogP contribution in [0.25, 0.3) is 11.1 Å². The molecule has 0 unspecified atom stereocenters. The Morgan fingerprint density at radius 1 is 1.54 bits per heavy atom. The lowest BCUT2D eigenvalue weighted by Gasteiger charge is -1.93. The first-order valence-corrected chi connectivity index (χ1v) is 3.88. The maximum absolute atomic E-state index is 5.43. The second-order valence-corrected chi connectivity index (χ2v) is 2.70. The topological polar surface area (TPSA) is 52.0 Å². The number of para-hydroxylation sites is 1. The normalized spacial score (nSPS) is 10.1. The van der Waals surface area contributed by atoms with Gasteiger partial charge in [0, 0.05) is 6.42 Å². The summed E-state index contributed by atoms with van der Waals surface area (Å²) in [5, 5.41) is 0. The third kappa shape index (κ3) is 1.23. The van der Waals surface area contributed by atoms with E-state index in [1.807, 2.05) is 18.2 Å². The summed E-state index contributed by atoms with van der Waals surface area (Å²) < 4.78 is 5.15. The Bertz CT molecular complexity index is 479. The summed E-state index contributed by atoms with van der Waals surface area (Å²) in [6, 6.07) is 5.79. The van der Waals surface area contributed by atoms with Gasteiger partial charge in [-0.2, -0.15) is 4.98 Å². The van der Waals surface area contributed by atoms with Crippen LogP contribution in [0.15, 0.2) is 22.6 Å². The molecule has 13 heavy (non-hydrogen) atoms. The number of oxazole rings is 1. The van der Waals surface area contributed by atoms with E-state index < -0.39 is 0 Å². The first-order chi connectivity index (χ1) is 6.31. The Hall–Kier alpha value is -1.95. The van der Waals surface area contributed by atoms with E-state index in [2.05, 4.69) is 10.9 Å². The van der Waals surface area contributed by atoms with Crippen LogP contribution in [0.1, 0.15) is 5.56 Å². The van der Waals surface area contributed by atoms with E-state index in [-0.39, 0.29) is 6.01 Å². The van der Waals surface area contributed by atoms with E-state index in [4.69, 9.17) is 16.6 Å². The standard InChI is InChI=1S/C10H8N2O/c1-2-4-7-5-3-6-8-9(7)12-10(11)13-8/h1,3,5-6H,4H2,(H2,11,12). The monoisotopic (exact) mass is 172 g/mol. The maximum atomic E-state index is 5.43. The van der Waals surface area contributed by atoms with Gasteiger partial charge >= 0.3 is 0 Å². The highest BCUT2D eigenvalue weighted by Crippen LogP contribution is 2.20. The van der Waals surface area contributed by atoms with Crippen LogP contribution in [-0.4, -0.2) is 4.98 Å². The number of terminal acetylenes is 1. The molecule has 0 amide bonds. The Kier molecular flexibility index (Phi) is 1.67. The molecule has 2 aromatic rings. The molecular weight excluding hydrogens is 164 g/mol. The SMILES string of the molecule is C#CCc1cccc2oc(N)nc12. The number of benzene rings is 1. The van der Waals surface area contributed by atoms with Crippen molar-refractivity contribution in [2.75, 3.05) is 5.73 Å². The van der Waals surface area contributed by atoms with Crippen LogP contribution >= 0.6 is 0 Å². The number of hydrogen-bond donors (Lipinski definition) is 1. The van der Waals surface area contributed by atoms with Gasteiger partial charge in [-0.25, -0.2) is 0 Å². The predicted octanol–water partition coefficient (Wildman–Crippen LogP) is 1.59. The minimum atomic E-state index is 0.180. The maximum Gasteiger partial charge on any atom is 0.292 e. The number of rotatable bonds is 1. The van der Waals surface area contributed by atoms with Crippen molar-refractivity contribution in [1.29, 1.82) is 0 Å². The fraction of sp³-hybridized carbons (Fsp3) is 0.100. The second-order valence-electron chi connectivity index (χ2n) is 2.70. The largest absolute Gasteiger partial charge is 0.424 e. The molecule has 1 aromatic heterocycles. The third-order valence-corrected chi connectivity index (χ3v) is 1.81. The molecule has 3 nitrogen and oxygen atoms in total. The van der Waals surface area contributed by atoms with E-state index >= 15 is 0 Å². The van der Waals surface area contributed by atoms with Gasteiger partial charge in [-0.3, -0.25) is 0 Å². The Balaban J connectivity index is 2.69. The molecule has 3 heteroatoms. The van der Waals surface area contributed by atoms with Crippen LogP contribution in [-0.2, 0) is 6.42 Å². The van der Waals surface area contributed by atoms with E-state index in [1.54, 1.807) is 0 Å². The predicted molar refractivity (Wildman–Crippen MR) is 51.0 cm³/mol. The van der Waals surface area contributed by atoms with E-state index in [0.29, 0.717) is 12.0 Å². The van der Waals surface area contributed by atoms with Crippen molar-refractivity contribution < 1.29 is 4.42 Å². The molecule has 0 aliphatic rings. The fourth-order valence-electron chi connectivity index (χ4n) is 1.28. The van der Waals surface area contributed by atoms with Crippen LogP contribution in [0.5, 0.6) is 0 Å². The molecule has 2 N–H and O–H groups in total. The molecule has 0 atom stereocenters. The molecule has 0 aliphatic carbocycles. The highest BCUT2D eigenvalue weighted by atomic mass is 16.4. The molecule has 64 valence electrons. The minimum absolute atomic E-state index is 0.180. The molecule has 0 radical (unpaired) electrons. The molecule has 0 saturated carbocycles. The highest BCUT2D eigenvalue weighted by Gasteiger charge is 2.05. The summed E-state index contributed by atoms with van der Waals surface area (Å²) >= 11 is 0. The van der Waals surface area contributed by atoms with Crippen LogP contribution in [0.2, 0.25) is 0 Å². The number of nitrogens with zero attached hydrogens (tertiary/aromatic N) is 1. The summed E-state index contributed by atoms with van der Waals surface area (Å²) in [7, 11) is 0. The molecule has 0 fully saturated rings. The number of aromatic nitrogens is 1. The fourth-order valence-corrected chi connectivity index (χ4v) is 1.28. The highest BCUT2D eigenvalue weighted by molar-refractivity contribution is 5.78. The van der Waals surface area contributed by atoms with Crippen molar-refractivity contribution in [3.05, 3.63) is 23.8 Å². The van der Waals surface area contributed by atoms with Gasteiger partial charge < -0.3 is 10.2 Å². The van der Waals surface area contributed by atoms with Crippen LogP contribution in [0, 0.1) is 12.3 Å². The van der Waals surface area contributed by atoms with Crippen molar-refractivity contribution >= 4 is 17.1 Å². The lowest BCUT2D eigenvalue weighted by atomic mass is 10.1. The van der Waals surface area contributed by atoms with E-state index in [0.717, 1.165) is 11.1 Å². The average Bonchev–Trinajstić information content (AvgIpc) is 2.47. The minimum Gasteiger partial charge on any atom is -0.424 e. The quantitative estimate of drug-likeness (QED) is 0.664. The molecular formula is C10H8N2O. The molecule has 0 saturated heterocycles. The van der Waals surface area contributed by atoms with Crippen LogP contribution in [0.4, 0.5) is 6.01 Å². The van der Waals surface area contributed by atoms with Gasteiger partial charge in [-0.15, -0.1) is 12.3 Å². The summed E-state index contributed by atoms with van der Waals surface area (Å²) in [4.78, 5) is 4.05. The average molecular weight is 172 g/mol. The number of hydrogen-bond acceptors (Lipinski definition) is 3. The third-order valence-electron chi connectivity index (χ3n) is 1.81. The number of anilines is 1. The van der Waals surface area contributed by atoms with Crippen molar-refractivity contribution in [3.63, 3.8) is 0 Å². The van der Waals surface area contributed by atoms with Gasteiger partial charge in [0.15, 0.2) is 5.58 Å². The van der Waals surface area contributed by atoms with Crippen molar-refractivity contribution in [2.24, 2.45) is 0 Å². The first kappa shape index (κ1) is 7.69. The van der Waals surface area contributed by atoms with E-state index in [1.165, 1.54) is 0 Å². The molecule has 0 spiro atoms. The van der Waals surface area contributed by atoms with Gasteiger partial charge in [-0.1, -0.05) is 12.1 Å². The Labute approximate surface area is 75.6 Å². The number of fused-ring (bicyclic) bond motifs is 1. The summed E-state index contributed by atoms with van der Waals surface area (Å²) in [6.45, 7) is 0. The van der Waals surface area contributed by atoms with Gasteiger partial charge in [0.1, 0.15) is 5.52 Å². The van der Waals surface area contributed by atoms with Crippen molar-refractivity contribution in [1.82, 2.24) is 4.98 Å². The molecule has 1 heterocycles. The second kappa shape index (κ2) is 2.83. The Morgan fingerprint density at radius 2 is 2.38 bits per heavy atom. The van der Waals surface area contributed by atoms with Gasteiger partial charge in [0.05, 0.1) is 0 Å². The van der Waals surface area contributed by atoms with Gasteiger partial charge in [0.2, 0.25) is 0 Å². The summed E-state index contributed by atoms with van der Waals surface area (Å²) in [5.74, 6) is 2.56.